The zero-order chi connectivity index (χ0) is 15.7. The van der Waals surface area contributed by atoms with Crippen molar-refractivity contribution in [2.24, 2.45) is 7.05 Å². The molecule has 0 radical (unpaired) electrons. The molecule has 0 bridgehead atoms. The SMILES string of the molecule is Cc1nn(C)c(C)c1C(C)Nc1ccc(F)cc1[N+](=O)[O-]. The zero-order valence-electron chi connectivity index (χ0n) is 12.3. The fraction of sp³-hybridized carbons (Fsp3) is 0.357. The van der Waals surface area contributed by atoms with Crippen molar-refractivity contribution < 1.29 is 9.31 Å². The molecule has 0 aliphatic heterocycles. The Morgan fingerprint density at radius 3 is 2.62 bits per heavy atom. The topological polar surface area (TPSA) is 73.0 Å². The minimum absolute atomic E-state index is 0.178. The van der Waals surface area contributed by atoms with E-state index in [9.17, 15) is 14.5 Å². The number of nitrogens with one attached hydrogen (secondary N) is 1. The summed E-state index contributed by atoms with van der Waals surface area (Å²) in [7, 11) is 1.85. The Labute approximate surface area is 121 Å². The lowest BCUT2D eigenvalue weighted by molar-refractivity contribution is -0.384. The highest BCUT2D eigenvalue weighted by Gasteiger charge is 2.20. The van der Waals surface area contributed by atoms with Crippen LogP contribution in [0.3, 0.4) is 0 Å². The van der Waals surface area contributed by atoms with Gasteiger partial charge in [0.15, 0.2) is 0 Å². The zero-order valence-corrected chi connectivity index (χ0v) is 12.3. The fourth-order valence-corrected chi connectivity index (χ4v) is 2.50. The number of nitro benzene ring substituents is 1. The molecule has 1 aromatic carbocycles. The fourth-order valence-electron chi connectivity index (χ4n) is 2.50. The highest BCUT2D eigenvalue weighted by molar-refractivity contribution is 5.62. The lowest BCUT2D eigenvalue weighted by atomic mass is 10.1. The second kappa shape index (κ2) is 5.51. The third kappa shape index (κ3) is 2.86. The number of benzene rings is 1. The van der Waals surface area contributed by atoms with Gasteiger partial charge in [-0.1, -0.05) is 0 Å². The molecule has 6 nitrogen and oxygen atoms in total. The molecule has 0 amide bonds. The summed E-state index contributed by atoms with van der Waals surface area (Å²) < 4.78 is 14.9. The van der Waals surface area contributed by atoms with Crippen LogP contribution < -0.4 is 5.32 Å². The Kier molecular flexibility index (Phi) is 3.93. The molecule has 0 spiro atoms. The van der Waals surface area contributed by atoms with Gasteiger partial charge in [-0.2, -0.15) is 5.10 Å². The van der Waals surface area contributed by atoms with Gasteiger partial charge < -0.3 is 5.32 Å². The molecule has 7 heteroatoms. The lowest BCUT2D eigenvalue weighted by Crippen LogP contribution is -2.10. The standard InChI is InChI=1S/C14H17FN4O2/c1-8(14-9(2)17-18(4)10(14)3)16-12-6-5-11(15)7-13(12)19(20)21/h5-8,16H,1-4H3. The van der Waals surface area contributed by atoms with Gasteiger partial charge in [0.1, 0.15) is 11.5 Å². The number of nitrogens with zero attached hydrogens (tertiary/aromatic N) is 3. The normalized spacial score (nSPS) is 12.2. The summed E-state index contributed by atoms with van der Waals surface area (Å²) in [4.78, 5) is 10.4. The molecule has 1 N–H and O–H groups in total. The maximum atomic E-state index is 13.2. The summed E-state index contributed by atoms with van der Waals surface area (Å²) >= 11 is 0. The summed E-state index contributed by atoms with van der Waals surface area (Å²) in [5, 5.41) is 18.4. The van der Waals surface area contributed by atoms with E-state index in [1.165, 1.54) is 12.1 Å². The van der Waals surface area contributed by atoms with E-state index in [2.05, 4.69) is 10.4 Å². The van der Waals surface area contributed by atoms with Crippen molar-refractivity contribution >= 4 is 11.4 Å². The van der Waals surface area contributed by atoms with Crippen LogP contribution in [0.4, 0.5) is 15.8 Å². The van der Waals surface area contributed by atoms with Crippen LogP contribution in [0.1, 0.15) is 29.9 Å². The van der Waals surface area contributed by atoms with Crippen molar-refractivity contribution in [2.75, 3.05) is 5.32 Å². The van der Waals surface area contributed by atoms with Gasteiger partial charge in [0.05, 0.1) is 22.7 Å². The molecule has 0 fully saturated rings. The molecular formula is C14H17FN4O2. The van der Waals surface area contributed by atoms with E-state index in [1.54, 1.807) is 4.68 Å². The van der Waals surface area contributed by atoms with Gasteiger partial charge in [0.2, 0.25) is 0 Å². The second-order valence-electron chi connectivity index (χ2n) is 4.99. The number of aryl methyl sites for hydroxylation is 2. The van der Waals surface area contributed by atoms with Gasteiger partial charge in [-0.15, -0.1) is 0 Å². The molecule has 1 unspecified atom stereocenters. The van der Waals surface area contributed by atoms with Gasteiger partial charge in [-0.3, -0.25) is 14.8 Å². The largest absolute Gasteiger partial charge is 0.373 e. The number of anilines is 1. The van der Waals surface area contributed by atoms with Crippen LogP contribution >= 0.6 is 0 Å². The molecule has 0 aliphatic rings. The van der Waals surface area contributed by atoms with Crippen LogP contribution in [0, 0.1) is 29.8 Å². The van der Waals surface area contributed by atoms with Crippen molar-refractivity contribution in [1.82, 2.24) is 9.78 Å². The molecule has 0 aliphatic carbocycles. The van der Waals surface area contributed by atoms with Crippen molar-refractivity contribution in [3.63, 3.8) is 0 Å². The molecule has 21 heavy (non-hydrogen) atoms. The van der Waals surface area contributed by atoms with Gasteiger partial charge in [-0.05, 0) is 32.9 Å². The number of hydrogen-bond donors (Lipinski definition) is 1. The first-order valence-electron chi connectivity index (χ1n) is 6.51. The van der Waals surface area contributed by atoms with Crippen molar-refractivity contribution in [3.8, 4) is 0 Å². The monoisotopic (exact) mass is 292 g/mol. The van der Waals surface area contributed by atoms with Crippen molar-refractivity contribution in [3.05, 3.63) is 51.1 Å². The molecule has 0 saturated heterocycles. The number of nitro groups is 1. The summed E-state index contributed by atoms with van der Waals surface area (Å²) in [6.07, 6.45) is 0. The van der Waals surface area contributed by atoms with Gasteiger partial charge in [-0.25, -0.2) is 4.39 Å². The van der Waals surface area contributed by atoms with E-state index in [1.807, 2.05) is 27.8 Å². The van der Waals surface area contributed by atoms with Gasteiger partial charge >= 0.3 is 0 Å². The Bertz CT molecular complexity index is 697. The van der Waals surface area contributed by atoms with Crippen LogP contribution in [0.15, 0.2) is 18.2 Å². The van der Waals surface area contributed by atoms with Crippen LogP contribution in [0.25, 0.3) is 0 Å². The minimum atomic E-state index is -0.631. The van der Waals surface area contributed by atoms with Crippen LogP contribution in [0.2, 0.25) is 0 Å². The number of hydrogen-bond acceptors (Lipinski definition) is 4. The first-order valence-corrected chi connectivity index (χ1v) is 6.51. The molecular weight excluding hydrogens is 275 g/mol. The quantitative estimate of drug-likeness (QED) is 0.693. The Balaban J connectivity index is 2.36. The van der Waals surface area contributed by atoms with Crippen LogP contribution in [-0.4, -0.2) is 14.7 Å². The molecule has 2 rings (SSSR count). The Hall–Kier alpha value is -2.44. The Morgan fingerprint density at radius 1 is 1.43 bits per heavy atom. The summed E-state index contributed by atoms with van der Waals surface area (Å²) in [6.45, 7) is 5.72. The molecule has 112 valence electrons. The molecule has 1 aromatic heterocycles. The maximum Gasteiger partial charge on any atom is 0.295 e. The minimum Gasteiger partial charge on any atom is -0.373 e. The number of rotatable bonds is 4. The van der Waals surface area contributed by atoms with Crippen LogP contribution in [0.5, 0.6) is 0 Å². The Morgan fingerprint density at radius 2 is 2.10 bits per heavy atom. The molecule has 1 atom stereocenters. The van der Waals surface area contributed by atoms with E-state index in [0.717, 1.165) is 23.0 Å². The summed E-state index contributed by atoms with van der Waals surface area (Å²) in [5.41, 5.74) is 2.84. The average molecular weight is 292 g/mol. The predicted octanol–water partition coefficient (Wildman–Crippen LogP) is 3.26. The molecule has 0 saturated carbocycles. The van der Waals surface area contributed by atoms with E-state index in [4.69, 9.17) is 0 Å². The summed E-state index contributed by atoms with van der Waals surface area (Å²) in [6, 6.07) is 3.32. The maximum absolute atomic E-state index is 13.2. The van der Waals surface area contributed by atoms with Gasteiger partial charge in [0.25, 0.3) is 5.69 Å². The predicted molar refractivity (Wildman–Crippen MR) is 77.8 cm³/mol. The first kappa shape index (κ1) is 15.0. The van der Waals surface area contributed by atoms with Crippen molar-refractivity contribution in [1.29, 1.82) is 0 Å². The lowest BCUT2D eigenvalue weighted by Gasteiger charge is -2.16. The third-order valence-corrected chi connectivity index (χ3v) is 3.53. The smallest absolute Gasteiger partial charge is 0.295 e. The van der Waals surface area contributed by atoms with Crippen molar-refractivity contribution in [2.45, 2.75) is 26.8 Å². The molecule has 1 heterocycles. The molecule has 2 aromatic rings. The van der Waals surface area contributed by atoms with E-state index < -0.39 is 10.7 Å². The van der Waals surface area contributed by atoms with E-state index in [-0.39, 0.29) is 17.4 Å². The number of aromatic nitrogens is 2. The highest BCUT2D eigenvalue weighted by atomic mass is 19.1. The van der Waals surface area contributed by atoms with E-state index >= 15 is 0 Å². The average Bonchev–Trinajstić information content (AvgIpc) is 2.65. The highest BCUT2D eigenvalue weighted by Crippen LogP contribution is 2.30. The first-order chi connectivity index (χ1) is 9.81. The van der Waals surface area contributed by atoms with E-state index in [0.29, 0.717) is 0 Å². The second-order valence-corrected chi connectivity index (χ2v) is 4.99. The third-order valence-electron chi connectivity index (χ3n) is 3.53. The van der Waals surface area contributed by atoms with Crippen LogP contribution in [-0.2, 0) is 7.05 Å². The number of halogens is 1. The summed E-state index contributed by atoms with van der Waals surface area (Å²) in [5.74, 6) is -0.631. The van der Waals surface area contributed by atoms with Gasteiger partial charge in [0, 0.05) is 18.3 Å².